The molecule has 5 nitrogen and oxygen atoms in total. The second-order valence-electron chi connectivity index (χ2n) is 6.01. The lowest BCUT2D eigenvalue weighted by atomic mass is 9.87. The highest BCUT2D eigenvalue weighted by molar-refractivity contribution is 5.56. The van der Waals surface area contributed by atoms with Gasteiger partial charge in [-0.1, -0.05) is 6.92 Å². The van der Waals surface area contributed by atoms with Gasteiger partial charge in [0.1, 0.15) is 17.3 Å². The zero-order valence-electron chi connectivity index (χ0n) is 13.0. The summed E-state index contributed by atoms with van der Waals surface area (Å²) in [4.78, 5) is 3.33. The molecule has 0 unspecified atom stereocenters. The number of hydrogen-bond donors (Lipinski definition) is 2. The molecule has 1 aromatic rings. The second kappa shape index (κ2) is 6.42. The molecule has 0 radical (unpaired) electrons. The maximum Gasteiger partial charge on any atom is 0.290 e. The van der Waals surface area contributed by atoms with E-state index in [9.17, 15) is 5.26 Å². The first-order valence-electron chi connectivity index (χ1n) is 7.51. The van der Waals surface area contributed by atoms with Gasteiger partial charge < -0.3 is 9.84 Å². The van der Waals surface area contributed by atoms with Crippen molar-refractivity contribution in [2.24, 2.45) is 0 Å². The Morgan fingerprint density at radius 3 is 2.81 bits per heavy atom. The Kier molecular flexibility index (Phi) is 4.81. The number of nitrogens with zero attached hydrogens (tertiary/aromatic N) is 1. The van der Waals surface area contributed by atoms with Crippen LogP contribution < -0.4 is 10.3 Å². The molecule has 114 valence electrons. The number of aryl methyl sites for hydroxylation is 1. The molecule has 0 bridgehead atoms. The van der Waals surface area contributed by atoms with Crippen molar-refractivity contribution in [1.29, 1.82) is 5.26 Å². The molecule has 0 fully saturated rings. The first-order chi connectivity index (χ1) is 10.0. The van der Waals surface area contributed by atoms with Gasteiger partial charge in [-0.15, -0.1) is 0 Å². The van der Waals surface area contributed by atoms with E-state index in [1.165, 1.54) is 0 Å². The third kappa shape index (κ3) is 3.34. The van der Waals surface area contributed by atoms with Crippen LogP contribution in [0, 0.1) is 11.3 Å². The minimum absolute atomic E-state index is 0.140. The summed E-state index contributed by atoms with van der Waals surface area (Å²) in [6, 6.07) is 2.33. The molecular formula is C16H24N3O2+. The molecule has 0 amide bonds. The van der Waals surface area contributed by atoms with Crippen LogP contribution in [0.3, 0.4) is 0 Å². The molecule has 1 aromatic heterocycles. The van der Waals surface area contributed by atoms with Gasteiger partial charge in [-0.2, -0.15) is 5.26 Å². The molecule has 1 aliphatic rings. The normalized spacial score (nSPS) is 16.1. The number of hydrogen-bond acceptors (Lipinski definition) is 4. The highest BCUT2D eigenvalue weighted by Crippen LogP contribution is 2.32. The average molecular weight is 290 g/mol. The minimum Gasteiger partial charge on any atom is -0.396 e. The fourth-order valence-corrected chi connectivity index (χ4v) is 2.74. The fraction of sp³-hybridized carbons (Fsp3) is 0.625. The van der Waals surface area contributed by atoms with Crippen molar-refractivity contribution in [3.63, 3.8) is 0 Å². The van der Waals surface area contributed by atoms with E-state index in [0.29, 0.717) is 25.1 Å². The Labute approximate surface area is 126 Å². The van der Waals surface area contributed by atoms with E-state index in [1.807, 2.05) is 0 Å². The van der Waals surface area contributed by atoms with Crippen molar-refractivity contribution < 1.29 is 14.8 Å². The number of fused-ring (bicyclic) bond motifs is 1. The first kappa shape index (κ1) is 15.7. The smallest absolute Gasteiger partial charge is 0.290 e. The molecule has 3 N–H and O–H groups in total. The largest absolute Gasteiger partial charge is 0.396 e. The third-order valence-electron chi connectivity index (χ3n) is 3.87. The Bertz CT molecular complexity index is 562. The van der Waals surface area contributed by atoms with Crippen LogP contribution in [0.4, 0.5) is 5.82 Å². The van der Waals surface area contributed by atoms with Crippen molar-refractivity contribution in [3.8, 4) is 6.07 Å². The molecule has 0 saturated heterocycles. The second-order valence-corrected chi connectivity index (χ2v) is 6.01. The number of nitriles is 1. The molecule has 0 saturated carbocycles. The van der Waals surface area contributed by atoms with Gasteiger partial charge in [-0.25, -0.2) is 4.98 Å². The zero-order chi connectivity index (χ0) is 15.5. The van der Waals surface area contributed by atoms with E-state index in [2.05, 4.69) is 37.1 Å². The van der Waals surface area contributed by atoms with Crippen LogP contribution in [0.25, 0.3) is 0 Å². The summed E-state index contributed by atoms with van der Waals surface area (Å²) in [6.07, 6.45) is 2.26. The third-order valence-corrected chi connectivity index (χ3v) is 3.87. The van der Waals surface area contributed by atoms with Crippen molar-refractivity contribution in [1.82, 2.24) is 0 Å². The maximum atomic E-state index is 9.56. The number of nitrogens with one attached hydrogen (secondary N) is 2. The number of H-pyrrole nitrogens is 1. The standard InChI is InChI=1S/C16H23N3O2/c1-4-14-13-10-21-16(2,3)8-11(13)12(9-17)15(19-14)18-6-5-7-20/h20H,4-8,10H2,1-3H3,(H,18,19)/p+1. The van der Waals surface area contributed by atoms with Crippen molar-refractivity contribution in [2.45, 2.75) is 52.2 Å². The van der Waals surface area contributed by atoms with Gasteiger partial charge in [0.25, 0.3) is 5.82 Å². The summed E-state index contributed by atoms with van der Waals surface area (Å²) in [5.74, 6) is 0.763. The molecular weight excluding hydrogens is 266 g/mol. The summed E-state index contributed by atoms with van der Waals surface area (Å²) < 4.78 is 5.89. The van der Waals surface area contributed by atoms with Crippen molar-refractivity contribution in [3.05, 3.63) is 22.4 Å². The number of anilines is 1. The predicted octanol–water partition coefficient (Wildman–Crippen LogP) is 1.58. The molecule has 0 aliphatic carbocycles. The Balaban J connectivity index is 2.46. The quantitative estimate of drug-likeness (QED) is 0.807. The van der Waals surface area contributed by atoms with Gasteiger partial charge in [0, 0.05) is 31.4 Å². The minimum atomic E-state index is -0.243. The van der Waals surface area contributed by atoms with E-state index >= 15 is 0 Å². The van der Waals surface area contributed by atoms with Crippen LogP contribution in [0.5, 0.6) is 0 Å². The molecule has 1 aliphatic heterocycles. The zero-order valence-corrected chi connectivity index (χ0v) is 13.0. The van der Waals surface area contributed by atoms with E-state index in [1.54, 1.807) is 0 Å². The first-order valence-corrected chi connectivity index (χ1v) is 7.51. The Morgan fingerprint density at radius 1 is 1.43 bits per heavy atom. The lowest BCUT2D eigenvalue weighted by Crippen LogP contribution is -2.36. The fourth-order valence-electron chi connectivity index (χ4n) is 2.74. The molecule has 5 heteroatoms. The van der Waals surface area contributed by atoms with E-state index in [0.717, 1.165) is 35.5 Å². The molecule has 0 spiro atoms. The maximum absolute atomic E-state index is 9.56. The average Bonchev–Trinajstić information content (AvgIpc) is 2.45. The molecule has 0 aromatic carbocycles. The number of pyridine rings is 1. The van der Waals surface area contributed by atoms with E-state index < -0.39 is 0 Å². The number of rotatable bonds is 5. The van der Waals surface area contributed by atoms with Crippen molar-refractivity contribution in [2.75, 3.05) is 18.5 Å². The van der Waals surface area contributed by atoms with Crippen LogP contribution in [0.1, 0.15) is 49.6 Å². The van der Waals surface area contributed by atoms with Crippen LogP contribution >= 0.6 is 0 Å². The van der Waals surface area contributed by atoms with Gasteiger partial charge in [0.2, 0.25) is 0 Å². The highest BCUT2D eigenvalue weighted by atomic mass is 16.5. The van der Waals surface area contributed by atoms with Crippen LogP contribution in [-0.4, -0.2) is 23.9 Å². The lowest BCUT2D eigenvalue weighted by Gasteiger charge is -2.32. The van der Waals surface area contributed by atoms with Crippen LogP contribution in [0.15, 0.2) is 0 Å². The van der Waals surface area contributed by atoms with Crippen molar-refractivity contribution >= 4 is 5.82 Å². The highest BCUT2D eigenvalue weighted by Gasteiger charge is 2.33. The van der Waals surface area contributed by atoms with Crippen LogP contribution in [-0.2, 0) is 24.2 Å². The summed E-state index contributed by atoms with van der Waals surface area (Å²) in [7, 11) is 0. The van der Waals surface area contributed by atoms with Gasteiger partial charge in [0.15, 0.2) is 0 Å². The van der Waals surface area contributed by atoms with Gasteiger partial charge in [-0.05, 0) is 19.4 Å². The summed E-state index contributed by atoms with van der Waals surface area (Å²) in [5.41, 5.74) is 3.77. The Hall–Kier alpha value is -1.64. The van der Waals surface area contributed by atoms with E-state index in [4.69, 9.17) is 9.84 Å². The lowest BCUT2D eigenvalue weighted by molar-refractivity contribution is -0.375. The molecule has 0 atom stereocenters. The number of aliphatic hydroxyl groups is 1. The SMILES string of the molecule is CCc1[nH+]c(NCCCO)c(C#N)c2c1COC(C)(C)C2. The number of aromatic nitrogens is 1. The molecule has 21 heavy (non-hydrogen) atoms. The predicted molar refractivity (Wildman–Crippen MR) is 79.9 cm³/mol. The molecule has 2 heterocycles. The Morgan fingerprint density at radius 2 is 2.19 bits per heavy atom. The van der Waals surface area contributed by atoms with Gasteiger partial charge >= 0.3 is 0 Å². The molecule has 2 rings (SSSR count). The summed E-state index contributed by atoms with van der Waals surface area (Å²) in [5, 5.41) is 21.7. The summed E-state index contributed by atoms with van der Waals surface area (Å²) >= 11 is 0. The van der Waals surface area contributed by atoms with Gasteiger partial charge in [-0.3, -0.25) is 5.32 Å². The van der Waals surface area contributed by atoms with Crippen LogP contribution in [0.2, 0.25) is 0 Å². The number of aliphatic hydroxyl groups excluding tert-OH is 1. The number of aromatic amines is 1. The van der Waals surface area contributed by atoms with E-state index in [-0.39, 0.29) is 12.2 Å². The summed E-state index contributed by atoms with van der Waals surface area (Å²) in [6.45, 7) is 7.53. The van der Waals surface area contributed by atoms with Gasteiger partial charge in [0.05, 0.1) is 18.8 Å². The monoisotopic (exact) mass is 290 g/mol. The number of ether oxygens (including phenoxy) is 1. The topological polar surface area (TPSA) is 79.4 Å².